The van der Waals surface area contributed by atoms with Crippen molar-refractivity contribution in [2.75, 3.05) is 44.4 Å². The smallest absolute Gasteiger partial charge is 0.157 e. The molecule has 0 unspecified atom stereocenters. The van der Waals surface area contributed by atoms with Gasteiger partial charge in [0.25, 0.3) is 0 Å². The van der Waals surface area contributed by atoms with E-state index in [1.807, 2.05) is 18.2 Å². The van der Waals surface area contributed by atoms with Gasteiger partial charge in [0.1, 0.15) is 11.9 Å². The molecule has 150 valence electrons. The molecule has 29 heavy (non-hydrogen) atoms. The minimum atomic E-state index is 0.555. The number of nitrogens with zero attached hydrogens (tertiary/aromatic N) is 4. The number of hydrogen-bond acceptors (Lipinski definition) is 5. The van der Waals surface area contributed by atoms with Gasteiger partial charge < -0.3 is 14.4 Å². The van der Waals surface area contributed by atoms with Crippen molar-refractivity contribution in [1.82, 2.24) is 9.38 Å². The monoisotopic (exact) mass is 390 g/mol. The summed E-state index contributed by atoms with van der Waals surface area (Å²) in [6, 6.07) is 10.7. The number of imidazole rings is 1. The fraction of sp³-hybridized carbons (Fsp3) is 0.478. The molecule has 1 aromatic carbocycles. The normalized spacial score (nSPS) is 18.4. The van der Waals surface area contributed by atoms with E-state index in [4.69, 9.17) is 14.5 Å². The van der Waals surface area contributed by atoms with E-state index in [0.29, 0.717) is 5.92 Å². The Kier molecular flexibility index (Phi) is 4.86. The van der Waals surface area contributed by atoms with Crippen molar-refractivity contribution in [3.05, 3.63) is 41.0 Å². The number of hydrogen-bond donors (Lipinski definition) is 0. The van der Waals surface area contributed by atoms with Crippen LogP contribution in [0, 0.1) is 24.2 Å². The number of rotatable bonds is 3. The maximum atomic E-state index is 10.1. The average Bonchev–Trinajstić information content (AvgIpc) is 3.15. The van der Waals surface area contributed by atoms with Crippen LogP contribution in [-0.2, 0) is 15.9 Å². The standard InChI is InChI=1S/C23H26N4O2/c1-16-18(14-17-6-10-28-11-7-17)19(15-24)22-25-20-4-2-3-5-21(20)27(22)23(16)26-8-12-29-13-9-26/h2-5,17H,6-14H2,1H3. The van der Waals surface area contributed by atoms with E-state index in [2.05, 4.69) is 28.4 Å². The van der Waals surface area contributed by atoms with Crippen LogP contribution in [0.2, 0.25) is 0 Å². The second kappa shape index (κ2) is 7.66. The highest BCUT2D eigenvalue weighted by Gasteiger charge is 2.27. The first kappa shape index (κ1) is 18.4. The lowest BCUT2D eigenvalue weighted by Crippen LogP contribution is -2.38. The van der Waals surface area contributed by atoms with Crippen LogP contribution in [0.1, 0.15) is 29.5 Å². The first-order valence-electron chi connectivity index (χ1n) is 10.5. The molecule has 0 spiro atoms. The molecule has 2 saturated heterocycles. The van der Waals surface area contributed by atoms with Gasteiger partial charge in [-0.1, -0.05) is 12.1 Å². The van der Waals surface area contributed by atoms with Crippen LogP contribution >= 0.6 is 0 Å². The number of para-hydroxylation sites is 2. The van der Waals surface area contributed by atoms with E-state index in [1.165, 1.54) is 5.56 Å². The number of morpholine rings is 1. The summed E-state index contributed by atoms with van der Waals surface area (Å²) < 4.78 is 13.4. The van der Waals surface area contributed by atoms with Gasteiger partial charge in [0.05, 0.1) is 29.8 Å². The largest absolute Gasteiger partial charge is 0.381 e. The molecule has 0 bridgehead atoms. The first-order valence-corrected chi connectivity index (χ1v) is 10.5. The summed E-state index contributed by atoms with van der Waals surface area (Å²) in [5, 5.41) is 10.1. The summed E-state index contributed by atoms with van der Waals surface area (Å²) in [6.45, 7) is 6.96. The number of nitriles is 1. The zero-order valence-electron chi connectivity index (χ0n) is 16.9. The Hall–Kier alpha value is -2.62. The molecule has 2 fully saturated rings. The highest BCUT2D eigenvalue weighted by atomic mass is 16.5. The van der Waals surface area contributed by atoms with Crippen molar-refractivity contribution in [3.8, 4) is 6.07 Å². The van der Waals surface area contributed by atoms with E-state index in [0.717, 1.165) is 92.4 Å². The van der Waals surface area contributed by atoms with Gasteiger partial charge in [0, 0.05) is 26.3 Å². The molecule has 0 amide bonds. The van der Waals surface area contributed by atoms with Gasteiger partial charge in [0.15, 0.2) is 5.65 Å². The number of fused-ring (bicyclic) bond motifs is 3. The minimum absolute atomic E-state index is 0.555. The third-order valence-corrected chi connectivity index (χ3v) is 6.34. The molecule has 2 aliphatic rings. The zero-order chi connectivity index (χ0) is 19.8. The molecule has 2 aromatic heterocycles. The second-order valence-corrected chi connectivity index (χ2v) is 8.03. The zero-order valence-corrected chi connectivity index (χ0v) is 16.9. The van der Waals surface area contributed by atoms with Crippen molar-refractivity contribution in [1.29, 1.82) is 5.26 Å². The fourth-order valence-electron chi connectivity index (χ4n) is 4.80. The molecule has 0 N–H and O–H groups in total. The van der Waals surface area contributed by atoms with E-state index in [9.17, 15) is 5.26 Å². The van der Waals surface area contributed by atoms with Crippen molar-refractivity contribution in [3.63, 3.8) is 0 Å². The van der Waals surface area contributed by atoms with Crippen LogP contribution in [0.3, 0.4) is 0 Å². The lowest BCUT2D eigenvalue weighted by atomic mass is 9.88. The van der Waals surface area contributed by atoms with Gasteiger partial charge in [0.2, 0.25) is 0 Å². The Morgan fingerprint density at radius 3 is 2.59 bits per heavy atom. The maximum Gasteiger partial charge on any atom is 0.157 e. The average molecular weight is 390 g/mol. The molecular weight excluding hydrogens is 364 g/mol. The molecule has 6 nitrogen and oxygen atoms in total. The highest BCUT2D eigenvalue weighted by molar-refractivity contribution is 5.86. The van der Waals surface area contributed by atoms with Gasteiger partial charge in [-0.25, -0.2) is 4.98 Å². The van der Waals surface area contributed by atoms with Crippen LogP contribution in [-0.4, -0.2) is 48.9 Å². The van der Waals surface area contributed by atoms with Crippen molar-refractivity contribution in [2.45, 2.75) is 26.2 Å². The number of pyridine rings is 1. The van der Waals surface area contributed by atoms with Crippen LogP contribution < -0.4 is 4.90 Å². The summed E-state index contributed by atoms with van der Waals surface area (Å²) >= 11 is 0. The number of ether oxygens (including phenoxy) is 2. The molecule has 0 radical (unpaired) electrons. The predicted molar refractivity (Wildman–Crippen MR) is 112 cm³/mol. The van der Waals surface area contributed by atoms with Gasteiger partial charge in [-0.3, -0.25) is 4.40 Å². The van der Waals surface area contributed by atoms with Crippen molar-refractivity contribution < 1.29 is 9.47 Å². The van der Waals surface area contributed by atoms with Gasteiger partial charge >= 0.3 is 0 Å². The summed E-state index contributed by atoms with van der Waals surface area (Å²) in [6.07, 6.45) is 3.02. The lowest BCUT2D eigenvalue weighted by molar-refractivity contribution is 0.0665. The quantitative estimate of drug-likeness (QED) is 0.685. The molecule has 3 aromatic rings. The van der Waals surface area contributed by atoms with E-state index in [-0.39, 0.29) is 0 Å². The molecule has 0 saturated carbocycles. The summed E-state index contributed by atoms with van der Waals surface area (Å²) in [5.41, 5.74) is 5.85. The Labute approximate surface area is 170 Å². The van der Waals surface area contributed by atoms with Crippen molar-refractivity contribution >= 4 is 22.5 Å². The fourth-order valence-corrected chi connectivity index (χ4v) is 4.80. The number of anilines is 1. The molecule has 0 atom stereocenters. The van der Waals surface area contributed by atoms with Crippen LogP contribution in [0.25, 0.3) is 16.7 Å². The molecule has 0 aliphatic carbocycles. The molecule has 4 heterocycles. The number of aromatic nitrogens is 2. The van der Waals surface area contributed by atoms with Crippen LogP contribution in [0.4, 0.5) is 5.82 Å². The van der Waals surface area contributed by atoms with Gasteiger partial charge in [-0.05, 0) is 55.4 Å². The topological polar surface area (TPSA) is 62.8 Å². The molecular formula is C23H26N4O2. The summed E-state index contributed by atoms with van der Waals surface area (Å²) in [5.74, 6) is 1.72. The first-order chi connectivity index (χ1) is 14.3. The molecule has 6 heteroatoms. The summed E-state index contributed by atoms with van der Waals surface area (Å²) in [7, 11) is 0. The number of benzene rings is 1. The van der Waals surface area contributed by atoms with Crippen LogP contribution in [0.5, 0.6) is 0 Å². The van der Waals surface area contributed by atoms with E-state index >= 15 is 0 Å². The SMILES string of the molecule is Cc1c(CC2CCOCC2)c(C#N)c2nc3ccccc3n2c1N1CCOCC1. The van der Waals surface area contributed by atoms with Gasteiger partial charge in [-0.2, -0.15) is 5.26 Å². The van der Waals surface area contributed by atoms with E-state index < -0.39 is 0 Å². The third-order valence-electron chi connectivity index (χ3n) is 6.34. The van der Waals surface area contributed by atoms with Crippen molar-refractivity contribution in [2.24, 2.45) is 5.92 Å². The van der Waals surface area contributed by atoms with Crippen LogP contribution in [0.15, 0.2) is 24.3 Å². The Morgan fingerprint density at radius 2 is 1.83 bits per heavy atom. The maximum absolute atomic E-state index is 10.1. The lowest BCUT2D eigenvalue weighted by Gasteiger charge is -2.32. The third kappa shape index (κ3) is 3.15. The highest BCUT2D eigenvalue weighted by Crippen LogP contribution is 2.35. The Balaban J connectivity index is 1.76. The molecule has 2 aliphatic heterocycles. The summed E-state index contributed by atoms with van der Waals surface area (Å²) in [4.78, 5) is 7.29. The Bertz CT molecular complexity index is 1090. The van der Waals surface area contributed by atoms with E-state index in [1.54, 1.807) is 0 Å². The minimum Gasteiger partial charge on any atom is -0.381 e. The predicted octanol–water partition coefficient (Wildman–Crippen LogP) is 3.47. The molecule has 5 rings (SSSR count). The van der Waals surface area contributed by atoms with Gasteiger partial charge in [-0.15, -0.1) is 0 Å². The second-order valence-electron chi connectivity index (χ2n) is 8.03. The Morgan fingerprint density at radius 1 is 1.10 bits per heavy atom.